The number of sulfonamides is 1. The van der Waals surface area contributed by atoms with Crippen LogP contribution in [0.3, 0.4) is 0 Å². The normalized spacial score (nSPS) is 11.8. The van der Waals surface area contributed by atoms with E-state index in [9.17, 15) is 8.42 Å². The third-order valence-corrected chi connectivity index (χ3v) is 4.03. The summed E-state index contributed by atoms with van der Waals surface area (Å²) in [7, 11) is -3.60. The first kappa shape index (κ1) is 16.8. The Morgan fingerprint density at radius 3 is 2.80 bits per heavy atom. The molecule has 0 aromatic carbocycles. The summed E-state index contributed by atoms with van der Waals surface area (Å²) < 4.78 is 32.1. The van der Waals surface area contributed by atoms with Crippen molar-refractivity contribution in [3.63, 3.8) is 0 Å². The van der Waals surface area contributed by atoms with Gasteiger partial charge in [-0.2, -0.15) is 0 Å². The Balaban J connectivity index is 2.46. The summed E-state index contributed by atoms with van der Waals surface area (Å²) in [5.74, 6) is 5.28. The lowest BCUT2D eigenvalue weighted by Gasteiger charge is -2.10. The van der Waals surface area contributed by atoms with Gasteiger partial charge in [-0.05, 0) is 32.8 Å². The molecule has 0 saturated heterocycles. The van der Waals surface area contributed by atoms with Crippen LogP contribution in [0.15, 0.2) is 23.4 Å². The van der Waals surface area contributed by atoms with Gasteiger partial charge in [-0.15, -0.1) is 0 Å². The Bertz CT molecular complexity index is 505. The number of anilines is 1. The van der Waals surface area contributed by atoms with Crippen molar-refractivity contribution >= 4 is 15.7 Å². The van der Waals surface area contributed by atoms with Crippen LogP contribution in [0.2, 0.25) is 0 Å². The Kier molecular flexibility index (Phi) is 6.86. The molecule has 4 N–H and O–H groups in total. The van der Waals surface area contributed by atoms with E-state index in [4.69, 9.17) is 10.6 Å². The number of rotatable bonds is 9. The number of hydrogen-bond acceptors (Lipinski definition) is 6. The van der Waals surface area contributed by atoms with Crippen molar-refractivity contribution in [1.29, 1.82) is 0 Å². The van der Waals surface area contributed by atoms with Crippen molar-refractivity contribution < 1.29 is 13.2 Å². The average Bonchev–Trinajstić information content (AvgIpc) is 2.42. The molecule has 0 aliphatic heterocycles. The van der Waals surface area contributed by atoms with Crippen LogP contribution in [0.1, 0.15) is 26.7 Å². The second kappa shape index (κ2) is 8.15. The van der Waals surface area contributed by atoms with Gasteiger partial charge in [0.15, 0.2) is 0 Å². The number of hydrazine groups is 1. The van der Waals surface area contributed by atoms with Crippen molar-refractivity contribution in [2.24, 2.45) is 5.84 Å². The highest BCUT2D eigenvalue weighted by atomic mass is 32.2. The summed E-state index contributed by atoms with van der Waals surface area (Å²) in [6.45, 7) is 4.91. The predicted molar refractivity (Wildman–Crippen MR) is 77.6 cm³/mol. The first-order valence-corrected chi connectivity index (χ1v) is 7.97. The number of nitrogens with zero attached hydrogens (tertiary/aromatic N) is 1. The minimum absolute atomic E-state index is 0.0425. The number of nitrogens with one attached hydrogen (secondary N) is 2. The first-order chi connectivity index (χ1) is 9.47. The maximum Gasteiger partial charge on any atom is 0.244 e. The monoisotopic (exact) mass is 302 g/mol. The molecule has 0 spiro atoms. The van der Waals surface area contributed by atoms with Crippen LogP contribution in [0.4, 0.5) is 5.69 Å². The van der Waals surface area contributed by atoms with Crippen LogP contribution in [0.5, 0.6) is 0 Å². The molecule has 0 unspecified atom stereocenters. The second-order valence-electron chi connectivity index (χ2n) is 4.54. The summed E-state index contributed by atoms with van der Waals surface area (Å²) in [6, 6.07) is 1.50. The topological polar surface area (TPSA) is 106 Å². The van der Waals surface area contributed by atoms with E-state index in [-0.39, 0.29) is 11.0 Å². The molecule has 0 aliphatic carbocycles. The predicted octanol–water partition coefficient (Wildman–Crippen LogP) is 0.851. The van der Waals surface area contributed by atoms with Crippen molar-refractivity contribution in [2.75, 3.05) is 18.6 Å². The summed E-state index contributed by atoms with van der Waals surface area (Å²) in [6.07, 6.45) is 4.43. The molecular weight excluding hydrogens is 280 g/mol. The third kappa shape index (κ3) is 5.41. The van der Waals surface area contributed by atoms with Gasteiger partial charge in [0.05, 0.1) is 11.8 Å². The fourth-order valence-electron chi connectivity index (χ4n) is 1.54. The van der Waals surface area contributed by atoms with Gasteiger partial charge < -0.3 is 10.2 Å². The Hall–Kier alpha value is -1.22. The van der Waals surface area contributed by atoms with Gasteiger partial charge in [-0.3, -0.25) is 10.8 Å². The van der Waals surface area contributed by atoms with Crippen molar-refractivity contribution in [3.8, 4) is 0 Å². The van der Waals surface area contributed by atoms with Crippen LogP contribution in [0, 0.1) is 0 Å². The highest BCUT2D eigenvalue weighted by molar-refractivity contribution is 7.89. The zero-order chi connectivity index (χ0) is 15.0. The molecule has 1 heterocycles. The van der Waals surface area contributed by atoms with Crippen LogP contribution < -0.4 is 16.0 Å². The first-order valence-electron chi connectivity index (χ1n) is 6.49. The van der Waals surface area contributed by atoms with Gasteiger partial charge in [0, 0.05) is 25.5 Å². The van der Waals surface area contributed by atoms with Crippen LogP contribution in [-0.4, -0.2) is 32.7 Å². The summed E-state index contributed by atoms with van der Waals surface area (Å²) in [5, 5.41) is 0. The largest absolute Gasteiger partial charge is 0.379 e. The molecule has 0 aliphatic rings. The number of pyridine rings is 1. The molecule has 1 aromatic heterocycles. The van der Waals surface area contributed by atoms with E-state index in [1.807, 2.05) is 13.8 Å². The molecule has 0 radical (unpaired) electrons. The molecule has 1 rings (SSSR count). The standard InChI is InChI=1S/C12H22N4O3S/c1-10(2)19-8-4-3-6-15-20(17,18)12-9-14-7-5-11(12)16-13/h5,7,9-10,15H,3-4,6,8,13H2,1-2H3,(H,14,16). The van der Waals surface area contributed by atoms with Crippen LogP contribution in [-0.2, 0) is 14.8 Å². The lowest BCUT2D eigenvalue weighted by Crippen LogP contribution is -2.26. The molecule has 20 heavy (non-hydrogen) atoms. The molecule has 8 heteroatoms. The van der Waals surface area contributed by atoms with Crippen LogP contribution >= 0.6 is 0 Å². The Morgan fingerprint density at radius 1 is 1.40 bits per heavy atom. The Morgan fingerprint density at radius 2 is 2.15 bits per heavy atom. The van der Waals surface area contributed by atoms with Gasteiger partial charge in [-0.25, -0.2) is 13.1 Å². The van der Waals surface area contributed by atoms with E-state index >= 15 is 0 Å². The van der Waals surface area contributed by atoms with E-state index in [2.05, 4.69) is 15.1 Å². The van der Waals surface area contributed by atoms with Gasteiger partial charge in [-0.1, -0.05) is 0 Å². The highest BCUT2D eigenvalue weighted by Gasteiger charge is 2.17. The summed E-state index contributed by atoms with van der Waals surface area (Å²) >= 11 is 0. The minimum atomic E-state index is -3.60. The lowest BCUT2D eigenvalue weighted by atomic mass is 10.3. The van der Waals surface area contributed by atoms with Crippen molar-refractivity contribution in [3.05, 3.63) is 18.5 Å². The number of nitrogen functional groups attached to an aromatic ring is 1. The van der Waals surface area contributed by atoms with E-state index in [0.717, 1.165) is 6.42 Å². The molecule has 1 aromatic rings. The third-order valence-electron chi connectivity index (χ3n) is 2.54. The second-order valence-corrected chi connectivity index (χ2v) is 6.28. The maximum atomic E-state index is 12.1. The van der Waals surface area contributed by atoms with Crippen molar-refractivity contribution in [1.82, 2.24) is 9.71 Å². The van der Waals surface area contributed by atoms with E-state index in [1.54, 1.807) is 0 Å². The molecule has 0 atom stereocenters. The average molecular weight is 302 g/mol. The molecule has 0 amide bonds. The lowest BCUT2D eigenvalue weighted by molar-refractivity contribution is 0.0762. The molecule has 114 valence electrons. The molecule has 0 bridgehead atoms. The zero-order valence-electron chi connectivity index (χ0n) is 11.8. The summed E-state index contributed by atoms with van der Waals surface area (Å²) in [5.41, 5.74) is 2.66. The van der Waals surface area contributed by atoms with Crippen LogP contribution in [0.25, 0.3) is 0 Å². The number of ether oxygens (including phenoxy) is 1. The minimum Gasteiger partial charge on any atom is -0.379 e. The SMILES string of the molecule is CC(C)OCCCCNS(=O)(=O)c1cnccc1NN. The fraction of sp³-hybridized carbons (Fsp3) is 0.583. The van der Waals surface area contributed by atoms with Gasteiger partial charge in [0.2, 0.25) is 10.0 Å². The fourth-order valence-corrected chi connectivity index (χ4v) is 2.73. The zero-order valence-corrected chi connectivity index (χ0v) is 12.6. The van der Waals surface area contributed by atoms with E-state index < -0.39 is 10.0 Å². The number of aromatic nitrogens is 1. The number of unbranched alkanes of at least 4 members (excludes halogenated alkanes) is 1. The van der Waals surface area contributed by atoms with Gasteiger partial charge in [0.25, 0.3) is 0 Å². The molecule has 0 saturated carbocycles. The maximum absolute atomic E-state index is 12.1. The van der Waals surface area contributed by atoms with E-state index in [0.29, 0.717) is 25.3 Å². The Labute approximate surface area is 119 Å². The number of nitrogens with two attached hydrogens (primary N) is 1. The number of hydrogen-bond donors (Lipinski definition) is 3. The molecule has 0 fully saturated rings. The van der Waals surface area contributed by atoms with Gasteiger partial charge in [0.1, 0.15) is 4.90 Å². The van der Waals surface area contributed by atoms with Crippen molar-refractivity contribution in [2.45, 2.75) is 37.7 Å². The summed E-state index contributed by atoms with van der Waals surface area (Å²) in [4.78, 5) is 3.84. The van der Waals surface area contributed by atoms with E-state index in [1.165, 1.54) is 18.5 Å². The molecular formula is C12H22N4O3S. The highest BCUT2D eigenvalue weighted by Crippen LogP contribution is 2.17. The smallest absolute Gasteiger partial charge is 0.244 e. The quantitative estimate of drug-likeness (QED) is 0.355. The van der Waals surface area contributed by atoms with Gasteiger partial charge >= 0.3 is 0 Å². The molecule has 7 nitrogen and oxygen atoms in total.